The van der Waals surface area contributed by atoms with Crippen molar-refractivity contribution in [3.63, 3.8) is 0 Å². The average Bonchev–Trinajstić information content (AvgIpc) is 3.32. The minimum absolute atomic E-state index is 0. The van der Waals surface area contributed by atoms with Crippen molar-refractivity contribution in [2.24, 2.45) is 4.99 Å². The van der Waals surface area contributed by atoms with E-state index in [1.54, 1.807) is 11.3 Å². The molecule has 2 aromatic rings. The molecule has 0 spiro atoms. The van der Waals surface area contributed by atoms with Gasteiger partial charge in [0, 0.05) is 36.9 Å². The zero-order valence-corrected chi connectivity index (χ0v) is 18.3. The van der Waals surface area contributed by atoms with E-state index in [1.807, 2.05) is 7.05 Å². The molecule has 1 aromatic heterocycles. The lowest BCUT2D eigenvalue weighted by Crippen LogP contribution is -2.41. The van der Waals surface area contributed by atoms with Gasteiger partial charge in [-0.05, 0) is 32.3 Å². The fourth-order valence-corrected chi connectivity index (χ4v) is 4.02. The fraction of sp³-hybridized carbons (Fsp3) is 0.474. The predicted octanol–water partition coefficient (Wildman–Crippen LogP) is 3.82. The monoisotopic (exact) mass is 470 g/mol. The van der Waals surface area contributed by atoms with Crippen LogP contribution in [0.25, 0.3) is 0 Å². The number of benzene rings is 1. The van der Waals surface area contributed by atoms with Crippen LogP contribution in [-0.2, 0) is 11.8 Å². The van der Waals surface area contributed by atoms with Crippen molar-refractivity contribution < 1.29 is 0 Å². The summed E-state index contributed by atoms with van der Waals surface area (Å²) < 4.78 is 0. The van der Waals surface area contributed by atoms with Gasteiger partial charge in [0.1, 0.15) is 0 Å². The van der Waals surface area contributed by atoms with Crippen molar-refractivity contribution in [1.29, 1.82) is 0 Å². The van der Waals surface area contributed by atoms with Crippen LogP contribution in [0.3, 0.4) is 0 Å². The summed E-state index contributed by atoms with van der Waals surface area (Å²) in [5, 5.41) is 8.07. The second-order valence-electron chi connectivity index (χ2n) is 6.49. The van der Waals surface area contributed by atoms with E-state index in [0.29, 0.717) is 5.41 Å². The summed E-state index contributed by atoms with van der Waals surface area (Å²) in [6, 6.07) is 10.8. The summed E-state index contributed by atoms with van der Waals surface area (Å²) in [5.41, 5.74) is 2.89. The second-order valence-corrected chi connectivity index (χ2v) is 7.78. The molecule has 0 saturated heterocycles. The lowest BCUT2D eigenvalue weighted by molar-refractivity contribution is 0.645. The Bertz CT molecular complexity index is 707. The molecule has 1 fully saturated rings. The minimum Gasteiger partial charge on any atom is -0.356 e. The number of aliphatic imine (C=N–C) groups is 1. The zero-order chi connectivity index (χ0) is 17.0. The van der Waals surface area contributed by atoms with Gasteiger partial charge in [0.2, 0.25) is 0 Å². The van der Waals surface area contributed by atoms with Crippen LogP contribution in [0.2, 0.25) is 0 Å². The number of hydrogen-bond donors (Lipinski definition) is 2. The third-order valence-corrected chi connectivity index (χ3v) is 5.83. The first-order chi connectivity index (χ1) is 11.6. The van der Waals surface area contributed by atoms with Gasteiger partial charge in [0.25, 0.3) is 0 Å². The van der Waals surface area contributed by atoms with E-state index in [4.69, 9.17) is 0 Å². The number of guanidine groups is 1. The first kappa shape index (κ1) is 20.2. The van der Waals surface area contributed by atoms with Crippen molar-refractivity contribution in [2.75, 3.05) is 20.1 Å². The molecule has 1 aromatic carbocycles. The summed E-state index contributed by atoms with van der Waals surface area (Å²) in [6.07, 6.45) is 3.49. The highest BCUT2D eigenvalue weighted by molar-refractivity contribution is 14.0. The molecule has 136 valence electrons. The van der Waals surface area contributed by atoms with E-state index in [-0.39, 0.29) is 24.0 Å². The summed E-state index contributed by atoms with van der Waals surface area (Å²) >= 11 is 1.79. The van der Waals surface area contributed by atoms with E-state index in [0.717, 1.165) is 36.2 Å². The molecule has 0 radical (unpaired) electrons. The molecule has 6 heteroatoms. The van der Waals surface area contributed by atoms with Gasteiger partial charge in [-0.15, -0.1) is 35.3 Å². The number of aryl methyl sites for hydroxylation is 2. The highest BCUT2D eigenvalue weighted by Gasteiger charge is 2.43. The van der Waals surface area contributed by atoms with Crippen LogP contribution in [-0.4, -0.2) is 31.1 Å². The topological polar surface area (TPSA) is 49.3 Å². The smallest absolute Gasteiger partial charge is 0.191 e. The van der Waals surface area contributed by atoms with Crippen LogP contribution in [0.15, 0.2) is 35.3 Å². The first-order valence-electron chi connectivity index (χ1n) is 8.56. The molecule has 1 saturated carbocycles. The number of nitrogens with zero attached hydrogens (tertiary/aromatic N) is 2. The van der Waals surface area contributed by atoms with Gasteiger partial charge in [-0.25, -0.2) is 4.98 Å². The Morgan fingerprint density at radius 2 is 1.92 bits per heavy atom. The van der Waals surface area contributed by atoms with Gasteiger partial charge in [0.05, 0.1) is 10.7 Å². The molecule has 1 aliphatic rings. The number of aromatic nitrogens is 1. The normalized spacial score (nSPS) is 15.4. The minimum atomic E-state index is 0. The Balaban J connectivity index is 0.00000225. The summed E-state index contributed by atoms with van der Waals surface area (Å²) in [4.78, 5) is 10.2. The molecule has 4 nitrogen and oxygen atoms in total. The Morgan fingerprint density at radius 3 is 2.48 bits per heavy atom. The van der Waals surface area contributed by atoms with Crippen LogP contribution in [0.1, 0.15) is 34.0 Å². The van der Waals surface area contributed by atoms with E-state index in [2.05, 4.69) is 64.8 Å². The maximum absolute atomic E-state index is 4.48. The molecule has 3 rings (SSSR count). The Kier molecular flexibility index (Phi) is 7.25. The second kappa shape index (κ2) is 8.98. The van der Waals surface area contributed by atoms with E-state index in [9.17, 15) is 0 Å². The van der Waals surface area contributed by atoms with E-state index in [1.165, 1.54) is 23.3 Å². The quantitative estimate of drug-likeness (QED) is 0.384. The highest BCUT2D eigenvalue weighted by atomic mass is 127. The molecule has 0 unspecified atom stereocenters. The van der Waals surface area contributed by atoms with Crippen molar-refractivity contribution in [3.8, 4) is 0 Å². The predicted molar refractivity (Wildman–Crippen MR) is 117 cm³/mol. The SMILES string of the molecule is CN=C(NCCc1sc(C)nc1C)NCC1(c2ccccc2)CC1.I. The highest BCUT2D eigenvalue weighted by Crippen LogP contribution is 2.47. The molecule has 0 amide bonds. The van der Waals surface area contributed by atoms with Gasteiger partial charge in [-0.2, -0.15) is 0 Å². The summed E-state index contributed by atoms with van der Waals surface area (Å²) in [7, 11) is 1.83. The van der Waals surface area contributed by atoms with Crippen LogP contribution in [0.5, 0.6) is 0 Å². The molecule has 0 bridgehead atoms. The average molecular weight is 470 g/mol. The zero-order valence-electron chi connectivity index (χ0n) is 15.1. The molecule has 0 atom stereocenters. The van der Waals surface area contributed by atoms with Crippen LogP contribution < -0.4 is 10.6 Å². The number of rotatable bonds is 6. The number of hydrogen-bond acceptors (Lipinski definition) is 3. The van der Waals surface area contributed by atoms with Crippen molar-refractivity contribution in [2.45, 2.75) is 38.5 Å². The summed E-state index contributed by atoms with van der Waals surface area (Å²) in [5.74, 6) is 0.885. The van der Waals surface area contributed by atoms with E-state index >= 15 is 0 Å². The van der Waals surface area contributed by atoms with Crippen molar-refractivity contribution in [1.82, 2.24) is 15.6 Å². The Hall–Kier alpha value is -1.15. The molecule has 0 aliphatic heterocycles. The van der Waals surface area contributed by atoms with Crippen LogP contribution in [0, 0.1) is 13.8 Å². The van der Waals surface area contributed by atoms with Gasteiger partial charge >= 0.3 is 0 Å². The first-order valence-corrected chi connectivity index (χ1v) is 9.37. The lowest BCUT2D eigenvalue weighted by atomic mass is 9.96. The standard InChI is InChI=1S/C19H26N4S.HI/c1-14-17(24-15(2)23-14)9-12-21-18(20-3)22-13-19(10-11-19)16-7-5-4-6-8-16;/h4-8H,9-13H2,1-3H3,(H2,20,21,22);1H. The van der Waals surface area contributed by atoms with Gasteiger partial charge < -0.3 is 10.6 Å². The molecular weight excluding hydrogens is 443 g/mol. The van der Waals surface area contributed by atoms with E-state index < -0.39 is 0 Å². The number of nitrogens with one attached hydrogen (secondary N) is 2. The molecular formula is C19H27IN4S. The van der Waals surface area contributed by atoms with Crippen molar-refractivity contribution in [3.05, 3.63) is 51.5 Å². The van der Waals surface area contributed by atoms with Crippen LogP contribution >= 0.6 is 35.3 Å². The molecule has 1 aliphatic carbocycles. The number of thiazole rings is 1. The third kappa shape index (κ3) is 5.17. The maximum atomic E-state index is 4.48. The van der Waals surface area contributed by atoms with Crippen molar-refractivity contribution >= 4 is 41.3 Å². The molecule has 25 heavy (non-hydrogen) atoms. The molecule has 1 heterocycles. The van der Waals surface area contributed by atoms with Gasteiger partial charge in [0.15, 0.2) is 5.96 Å². The lowest BCUT2D eigenvalue weighted by Gasteiger charge is -2.19. The van der Waals surface area contributed by atoms with Gasteiger partial charge in [-0.3, -0.25) is 4.99 Å². The van der Waals surface area contributed by atoms with Crippen LogP contribution in [0.4, 0.5) is 0 Å². The third-order valence-electron chi connectivity index (χ3n) is 4.70. The van der Waals surface area contributed by atoms with Gasteiger partial charge in [-0.1, -0.05) is 30.3 Å². The molecule has 2 N–H and O–H groups in total. The Morgan fingerprint density at radius 1 is 1.20 bits per heavy atom. The maximum Gasteiger partial charge on any atom is 0.191 e. The number of halogens is 1. The summed E-state index contributed by atoms with van der Waals surface area (Å²) in [6.45, 7) is 5.96. The Labute approximate surface area is 171 Å². The fourth-order valence-electron chi connectivity index (χ4n) is 3.08. The largest absolute Gasteiger partial charge is 0.356 e.